The van der Waals surface area contributed by atoms with Crippen molar-refractivity contribution >= 4 is 11.8 Å². The van der Waals surface area contributed by atoms with Gasteiger partial charge in [0, 0.05) is 7.11 Å². The van der Waals surface area contributed by atoms with Crippen LogP contribution in [-0.4, -0.2) is 36.9 Å². The smallest absolute Gasteiger partial charge is 0.0781 e. The quantitative estimate of drug-likeness (QED) is 0.627. The van der Waals surface area contributed by atoms with E-state index in [0.717, 1.165) is 12.2 Å². The molecule has 1 unspecified atom stereocenters. The lowest BCUT2D eigenvalue weighted by atomic mass is 10.3. The second-order valence-corrected chi connectivity index (χ2v) is 2.88. The van der Waals surface area contributed by atoms with Crippen molar-refractivity contribution in [2.75, 3.05) is 25.7 Å². The summed E-state index contributed by atoms with van der Waals surface area (Å²) in [7, 11) is 1.60. The van der Waals surface area contributed by atoms with E-state index in [2.05, 4.69) is 0 Å². The van der Waals surface area contributed by atoms with Crippen LogP contribution in [0.15, 0.2) is 0 Å². The fourth-order valence-corrected chi connectivity index (χ4v) is 1.04. The predicted molar refractivity (Wildman–Crippen MR) is 40.9 cm³/mol. The average Bonchev–Trinajstić information content (AvgIpc) is 1.85. The SMILES string of the molecule is COCC(O)CCSC. The highest BCUT2D eigenvalue weighted by Gasteiger charge is 2.00. The highest BCUT2D eigenvalue weighted by Crippen LogP contribution is 1.99. The fraction of sp³-hybridized carbons (Fsp3) is 1.00. The molecule has 0 aromatic carbocycles. The Kier molecular flexibility index (Phi) is 6.58. The average molecular weight is 150 g/mol. The van der Waals surface area contributed by atoms with Gasteiger partial charge in [0.2, 0.25) is 0 Å². The maximum atomic E-state index is 9.04. The largest absolute Gasteiger partial charge is 0.391 e. The van der Waals surface area contributed by atoms with E-state index in [1.807, 2.05) is 6.26 Å². The van der Waals surface area contributed by atoms with Gasteiger partial charge in [0.15, 0.2) is 0 Å². The number of aliphatic hydroxyl groups is 1. The molecule has 0 aromatic heterocycles. The predicted octanol–water partition coefficient (Wildman–Crippen LogP) is 0.747. The summed E-state index contributed by atoms with van der Waals surface area (Å²) >= 11 is 1.74. The van der Waals surface area contributed by atoms with Gasteiger partial charge in [-0.05, 0) is 18.4 Å². The van der Waals surface area contributed by atoms with Crippen molar-refractivity contribution in [2.45, 2.75) is 12.5 Å². The molecule has 0 amide bonds. The lowest BCUT2D eigenvalue weighted by Crippen LogP contribution is -2.14. The molecule has 0 aliphatic carbocycles. The molecule has 0 fully saturated rings. The Balaban J connectivity index is 2.95. The van der Waals surface area contributed by atoms with Crippen molar-refractivity contribution < 1.29 is 9.84 Å². The van der Waals surface area contributed by atoms with Crippen LogP contribution in [0.25, 0.3) is 0 Å². The van der Waals surface area contributed by atoms with Crippen molar-refractivity contribution in [3.63, 3.8) is 0 Å². The summed E-state index contributed by atoms with van der Waals surface area (Å²) in [6.07, 6.45) is 2.58. The van der Waals surface area contributed by atoms with E-state index >= 15 is 0 Å². The van der Waals surface area contributed by atoms with Crippen LogP contribution in [0.1, 0.15) is 6.42 Å². The molecule has 0 saturated carbocycles. The third-order valence-electron chi connectivity index (χ3n) is 1.01. The van der Waals surface area contributed by atoms with Gasteiger partial charge in [-0.15, -0.1) is 0 Å². The molecule has 0 radical (unpaired) electrons. The lowest BCUT2D eigenvalue weighted by molar-refractivity contribution is 0.0632. The monoisotopic (exact) mass is 150 g/mol. The van der Waals surface area contributed by atoms with E-state index in [0.29, 0.717) is 6.61 Å². The molecule has 0 heterocycles. The zero-order valence-electron chi connectivity index (χ0n) is 5.96. The summed E-state index contributed by atoms with van der Waals surface area (Å²) in [5, 5.41) is 9.04. The molecule has 3 heteroatoms. The topological polar surface area (TPSA) is 29.5 Å². The molecule has 56 valence electrons. The lowest BCUT2D eigenvalue weighted by Gasteiger charge is -2.06. The van der Waals surface area contributed by atoms with E-state index in [9.17, 15) is 0 Å². The van der Waals surface area contributed by atoms with Gasteiger partial charge in [-0.25, -0.2) is 0 Å². The first kappa shape index (κ1) is 9.27. The minimum atomic E-state index is -0.276. The van der Waals surface area contributed by atoms with Crippen LogP contribution in [0, 0.1) is 0 Å². The van der Waals surface area contributed by atoms with Crippen LogP contribution in [0.4, 0.5) is 0 Å². The van der Waals surface area contributed by atoms with Gasteiger partial charge in [-0.3, -0.25) is 0 Å². The zero-order valence-corrected chi connectivity index (χ0v) is 6.78. The maximum Gasteiger partial charge on any atom is 0.0781 e. The molecule has 2 nitrogen and oxygen atoms in total. The molecule has 0 aliphatic rings. The van der Waals surface area contributed by atoms with Crippen LogP contribution < -0.4 is 0 Å². The van der Waals surface area contributed by atoms with Crippen LogP contribution >= 0.6 is 11.8 Å². The number of ether oxygens (including phenoxy) is 1. The third kappa shape index (κ3) is 6.15. The number of thioether (sulfide) groups is 1. The summed E-state index contributed by atoms with van der Waals surface area (Å²) in [5.74, 6) is 1.00. The van der Waals surface area contributed by atoms with Gasteiger partial charge in [0.1, 0.15) is 0 Å². The van der Waals surface area contributed by atoms with Crippen LogP contribution in [0.5, 0.6) is 0 Å². The first-order valence-corrected chi connectivity index (χ1v) is 4.36. The van der Waals surface area contributed by atoms with Crippen molar-refractivity contribution in [2.24, 2.45) is 0 Å². The normalized spacial score (nSPS) is 13.7. The van der Waals surface area contributed by atoms with Crippen molar-refractivity contribution in [1.29, 1.82) is 0 Å². The number of aliphatic hydroxyl groups excluding tert-OH is 1. The Labute approximate surface area is 60.6 Å². The van der Waals surface area contributed by atoms with Crippen molar-refractivity contribution in [3.8, 4) is 0 Å². The Morgan fingerprint density at radius 1 is 1.67 bits per heavy atom. The van der Waals surface area contributed by atoms with E-state index in [1.54, 1.807) is 18.9 Å². The molecule has 0 aliphatic heterocycles. The molecule has 1 atom stereocenters. The van der Waals surface area contributed by atoms with Gasteiger partial charge in [-0.1, -0.05) is 0 Å². The first-order chi connectivity index (χ1) is 4.31. The summed E-state index contributed by atoms with van der Waals surface area (Å²) in [6.45, 7) is 0.459. The molecular formula is C6H14O2S. The molecule has 0 rings (SSSR count). The van der Waals surface area contributed by atoms with Crippen molar-refractivity contribution in [3.05, 3.63) is 0 Å². The number of hydrogen-bond donors (Lipinski definition) is 1. The molecule has 0 saturated heterocycles. The Morgan fingerprint density at radius 3 is 2.78 bits per heavy atom. The van der Waals surface area contributed by atoms with Crippen molar-refractivity contribution in [1.82, 2.24) is 0 Å². The van der Waals surface area contributed by atoms with Crippen LogP contribution in [0.2, 0.25) is 0 Å². The van der Waals surface area contributed by atoms with E-state index in [-0.39, 0.29) is 6.10 Å². The standard InChI is InChI=1S/C6H14O2S/c1-8-5-6(7)3-4-9-2/h6-7H,3-5H2,1-2H3. The van der Waals surface area contributed by atoms with E-state index in [1.165, 1.54) is 0 Å². The molecular weight excluding hydrogens is 136 g/mol. The van der Waals surface area contributed by atoms with E-state index < -0.39 is 0 Å². The van der Waals surface area contributed by atoms with Gasteiger partial charge in [-0.2, -0.15) is 11.8 Å². The Morgan fingerprint density at radius 2 is 2.33 bits per heavy atom. The van der Waals surface area contributed by atoms with E-state index in [4.69, 9.17) is 9.84 Å². The minimum absolute atomic E-state index is 0.276. The summed E-state index contributed by atoms with van der Waals surface area (Å²) in [4.78, 5) is 0. The second kappa shape index (κ2) is 6.39. The highest BCUT2D eigenvalue weighted by atomic mass is 32.2. The van der Waals surface area contributed by atoms with Crippen LogP contribution in [-0.2, 0) is 4.74 Å². The van der Waals surface area contributed by atoms with Gasteiger partial charge in [0.25, 0.3) is 0 Å². The molecule has 0 aromatic rings. The van der Waals surface area contributed by atoms with Gasteiger partial charge < -0.3 is 9.84 Å². The fourth-order valence-electron chi connectivity index (χ4n) is 0.530. The molecule has 0 spiro atoms. The molecule has 0 bridgehead atoms. The third-order valence-corrected chi connectivity index (χ3v) is 1.66. The molecule has 9 heavy (non-hydrogen) atoms. The number of hydrogen-bond acceptors (Lipinski definition) is 3. The van der Waals surface area contributed by atoms with Gasteiger partial charge in [0.05, 0.1) is 12.7 Å². The maximum absolute atomic E-state index is 9.04. The summed E-state index contributed by atoms with van der Waals surface area (Å²) in [6, 6.07) is 0. The van der Waals surface area contributed by atoms with Gasteiger partial charge >= 0.3 is 0 Å². The Hall–Kier alpha value is 0.270. The number of rotatable bonds is 5. The number of methoxy groups -OCH3 is 1. The molecule has 1 N–H and O–H groups in total. The minimum Gasteiger partial charge on any atom is -0.391 e. The van der Waals surface area contributed by atoms with Crippen LogP contribution in [0.3, 0.4) is 0 Å². The summed E-state index contributed by atoms with van der Waals surface area (Å²) < 4.78 is 4.74. The second-order valence-electron chi connectivity index (χ2n) is 1.89. The first-order valence-electron chi connectivity index (χ1n) is 2.97. The summed E-state index contributed by atoms with van der Waals surface area (Å²) in [5.41, 5.74) is 0. The zero-order chi connectivity index (χ0) is 7.11. The highest BCUT2D eigenvalue weighted by molar-refractivity contribution is 7.98. The Bertz CT molecular complexity index is 59.0.